The van der Waals surface area contributed by atoms with E-state index in [4.69, 9.17) is 4.74 Å². The zero-order valence-corrected chi connectivity index (χ0v) is 12.6. The molecule has 0 fully saturated rings. The lowest BCUT2D eigenvalue weighted by Gasteiger charge is -2.24. The highest BCUT2D eigenvalue weighted by atomic mass is 16.5. The number of rotatable bonds is 9. The van der Waals surface area contributed by atoms with Crippen molar-refractivity contribution in [3.8, 4) is 0 Å². The molecule has 1 aromatic rings. The molecule has 1 N–H and O–H groups in total. The minimum atomic E-state index is 0.478. The fourth-order valence-corrected chi connectivity index (χ4v) is 1.90. The van der Waals surface area contributed by atoms with Gasteiger partial charge in [-0.3, -0.25) is 0 Å². The molecule has 0 atom stereocenters. The molecule has 0 saturated heterocycles. The number of ether oxygens (including phenoxy) is 1. The third-order valence-corrected chi connectivity index (χ3v) is 2.96. The molecule has 0 aromatic carbocycles. The summed E-state index contributed by atoms with van der Waals surface area (Å²) in [5.41, 5.74) is 1.24. The van der Waals surface area contributed by atoms with Gasteiger partial charge in [0.2, 0.25) is 0 Å². The predicted molar refractivity (Wildman–Crippen MR) is 80.6 cm³/mol. The maximum atomic E-state index is 5.44. The van der Waals surface area contributed by atoms with Crippen LogP contribution >= 0.6 is 0 Å². The minimum Gasteiger partial charge on any atom is -0.380 e. The van der Waals surface area contributed by atoms with Crippen molar-refractivity contribution in [1.82, 2.24) is 10.3 Å². The Morgan fingerprint density at radius 2 is 2.16 bits per heavy atom. The maximum absolute atomic E-state index is 5.44. The highest BCUT2D eigenvalue weighted by molar-refractivity contribution is 5.46. The lowest BCUT2D eigenvalue weighted by atomic mass is 10.2. The molecular formula is C15H27N3O. The van der Waals surface area contributed by atoms with Gasteiger partial charge in [0.05, 0.1) is 6.61 Å². The lowest BCUT2D eigenvalue weighted by molar-refractivity contribution is 0.154. The van der Waals surface area contributed by atoms with Gasteiger partial charge in [-0.05, 0) is 19.9 Å². The van der Waals surface area contributed by atoms with Crippen molar-refractivity contribution in [3.05, 3.63) is 23.9 Å². The molecule has 0 spiro atoms. The third kappa shape index (κ3) is 5.57. The van der Waals surface area contributed by atoms with Gasteiger partial charge in [-0.2, -0.15) is 0 Å². The summed E-state index contributed by atoms with van der Waals surface area (Å²) in [6.45, 7) is 12.7. The molecule has 1 heterocycles. The highest BCUT2D eigenvalue weighted by Gasteiger charge is 2.10. The van der Waals surface area contributed by atoms with E-state index in [2.05, 4.69) is 42.0 Å². The van der Waals surface area contributed by atoms with Crippen molar-refractivity contribution in [2.24, 2.45) is 0 Å². The Balaban J connectivity index is 2.72. The first kappa shape index (κ1) is 15.9. The van der Waals surface area contributed by atoms with Crippen molar-refractivity contribution in [2.75, 3.05) is 31.2 Å². The van der Waals surface area contributed by atoms with E-state index in [-0.39, 0.29) is 0 Å². The molecule has 0 radical (unpaired) electrons. The van der Waals surface area contributed by atoms with Crippen LogP contribution in [0.15, 0.2) is 18.3 Å². The van der Waals surface area contributed by atoms with Crippen LogP contribution in [0.25, 0.3) is 0 Å². The van der Waals surface area contributed by atoms with E-state index in [0.29, 0.717) is 6.04 Å². The Bertz CT molecular complexity index is 355. The molecule has 0 aliphatic heterocycles. The molecule has 0 unspecified atom stereocenters. The average Bonchev–Trinajstić information content (AvgIpc) is 2.42. The van der Waals surface area contributed by atoms with Crippen molar-refractivity contribution >= 4 is 5.82 Å². The maximum Gasteiger partial charge on any atom is 0.133 e. The predicted octanol–water partition coefficient (Wildman–Crippen LogP) is 2.44. The van der Waals surface area contributed by atoms with E-state index in [1.807, 2.05) is 19.2 Å². The Morgan fingerprint density at radius 3 is 2.79 bits per heavy atom. The van der Waals surface area contributed by atoms with E-state index in [1.54, 1.807) is 0 Å². The molecule has 0 aliphatic carbocycles. The van der Waals surface area contributed by atoms with Crippen molar-refractivity contribution in [1.29, 1.82) is 0 Å². The van der Waals surface area contributed by atoms with Crippen molar-refractivity contribution < 1.29 is 4.74 Å². The van der Waals surface area contributed by atoms with Crippen molar-refractivity contribution in [3.63, 3.8) is 0 Å². The number of anilines is 1. The standard InChI is InChI=1S/C15H27N3O/c1-5-18(10-11-19-6-2)15-14(8-7-9-16-15)12-17-13(3)4/h7-9,13,17H,5-6,10-12H2,1-4H3. The molecule has 0 bridgehead atoms. The van der Waals surface area contributed by atoms with Crippen LogP contribution in [0.5, 0.6) is 0 Å². The molecule has 108 valence electrons. The molecule has 0 aliphatic rings. The summed E-state index contributed by atoms with van der Waals surface area (Å²) < 4.78 is 5.44. The number of pyridine rings is 1. The fourth-order valence-electron chi connectivity index (χ4n) is 1.90. The first-order valence-corrected chi connectivity index (χ1v) is 7.19. The minimum absolute atomic E-state index is 0.478. The number of aromatic nitrogens is 1. The topological polar surface area (TPSA) is 37.4 Å². The number of hydrogen-bond acceptors (Lipinski definition) is 4. The van der Waals surface area contributed by atoms with Gasteiger partial charge in [0.25, 0.3) is 0 Å². The normalized spacial score (nSPS) is 11.0. The van der Waals surface area contributed by atoms with Crippen LogP contribution in [-0.4, -0.2) is 37.3 Å². The number of hydrogen-bond donors (Lipinski definition) is 1. The first-order valence-electron chi connectivity index (χ1n) is 7.19. The second kappa shape index (κ2) is 8.88. The second-order valence-corrected chi connectivity index (χ2v) is 4.80. The van der Waals surface area contributed by atoms with Gasteiger partial charge in [0, 0.05) is 44.0 Å². The number of likely N-dealkylation sites (N-methyl/N-ethyl adjacent to an activating group) is 1. The highest BCUT2D eigenvalue weighted by Crippen LogP contribution is 2.16. The monoisotopic (exact) mass is 265 g/mol. The SMILES string of the molecule is CCOCCN(CC)c1ncccc1CNC(C)C. The van der Waals surface area contributed by atoms with Gasteiger partial charge in [-0.25, -0.2) is 4.98 Å². The van der Waals surface area contributed by atoms with Gasteiger partial charge in [-0.1, -0.05) is 19.9 Å². The van der Waals surface area contributed by atoms with Crippen LogP contribution in [-0.2, 0) is 11.3 Å². The zero-order chi connectivity index (χ0) is 14.1. The van der Waals surface area contributed by atoms with Crippen LogP contribution in [0.1, 0.15) is 33.3 Å². The molecule has 0 saturated carbocycles. The molecule has 19 heavy (non-hydrogen) atoms. The molecule has 1 rings (SSSR count). The Morgan fingerprint density at radius 1 is 1.37 bits per heavy atom. The Hall–Kier alpha value is -1.13. The summed E-state index contributed by atoms with van der Waals surface area (Å²) in [5, 5.41) is 3.45. The Labute approximate surface area is 117 Å². The largest absolute Gasteiger partial charge is 0.380 e. The molecule has 0 amide bonds. The van der Waals surface area contributed by atoms with E-state index in [0.717, 1.165) is 38.7 Å². The van der Waals surface area contributed by atoms with Gasteiger partial charge >= 0.3 is 0 Å². The first-order chi connectivity index (χ1) is 9.19. The van der Waals surface area contributed by atoms with Gasteiger partial charge in [-0.15, -0.1) is 0 Å². The van der Waals surface area contributed by atoms with Crippen LogP contribution in [0, 0.1) is 0 Å². The molecule has 1 aromatic heterocycles. The molecule has 4 heteroatoms. The van der Waals surface area contributed by atoms with Gasteiger partial charge in [0.15, 0.2) is 0 Å². The lowest BCUT2D eigenvalue weighted by Crippen LogP contribution is -2.30. The third-order valence-electron chi connectivity index (χ3n) is 2.96. The summed E-state index contributed by atoms with van der Waals surface area (Å²) in [6, 6.07) is 4.62. The molecule has 4 nitrogen and oxygen atoms in total. The summed E-state index contributed by atoms with van der Waals surface area (Å²) in [7, 11) is 0. The van der Waals surface area contributed by atoms with Crippen LogP contribution in [0.2, 0.25) is 0 Å². The van der Waals surface area contributed by atoms with Gasteiger partial charge < -0.3 is 15.0 Å². The van der Waals surface area contributed by atoms with E-state index >= 15 is 0 Å². The summed E-state index contributed by atoms with van der Waals surface area (Å²) in [4.78, 5) is 6.81. The zero-order valence-electron chi connectivity index (χ0n) is 12.6. The summed E-state index contributed by atoms with van der Waals surface area (Å²) in [5.74, 6) is 1.07. The number of nitrogens with one attached hydrogen (secondary N) is 1. The Kier molecular flexibility index (Phi) is 7.45. The van der Waals surface area contributed by atoms with E-state index in [9.17, 15) is 0 Å². The summed E-state index contributed by atoms with van der Waals surface area (Å²) in [6.07, 6.45) is 1.86. The second-order valence-electron chi connectivity index (χ2n) is 4.80. The van der Waals surface area contributed by atoms with Crippen LogP contribution in [0.4, 0.5) is 5.82 Å². The van der Waals surface area contributed by atoms with Crippen LogP contribution < -0.4 is 10.2 Å². The smallest absolute Gasteiger partial charge is 0.133 e. The fraction of sp³-hybridized carbons (Fsp3) is 0.667. The van der Waals surface area contributed by atoms with Crippen molar-refractivity contribution in [2.45, 2.75) is 40.3 Å². The average molecular weight is 265 g/mol. The molecular weight excluding hydrogens is 238 g/mol. The van der Waals surface area contributed by atoms with E-state index < -0.39 is 0 Å². The van der Waals surface area contributed by atoms with Crippen LogP contribution in [0.3, 0.4) is 0 Å². The van der Waals surface area contributed by atoms with Gasteiger partial charge in [0.1, 0.15) is 5.82 Å². The van der Waals surface area contributed by atoms with E-state index in [1.165, 1.54) is 5.56 Å². The number of nitrogens with zero attached hydrogens (tertiary/aromatic N) is 2. The quantitative estimate of drug-likeness (QED) is 0.696. The summed E-state index contributed by atoms with van der Waals surface area (Å²) >= 11 is 0.